The Morgan fingerprint density at radius 2 is 2.25 bits per heavy atom. The van der Waals surface area contributed by atoms with Crippen molar-refractivity contribution in [2.75, 3.05) is 30.4 Å². The summed E-state index contributed by atoms with van der Waals surface area (Å²) in [5.41, 5.74) is 3.13. The van der Waals surface area contributed by atoms with Crippen molar-refractivity contribution in [1.82, 2.24) is 10.3 Å². The molecule has 1 aliphatic heterocycles. The van der Waals surface area contributed by atoms with Crippen molar-refractivity contribution in [2.45, 2.75) is 13.5 Å². The first-order valence-electron chi connectivity index (χ1n) is 7.67. The van der Waals surface area contributed by atoms with E-state index in [1.54, 1.807) is 11.0 Å². The summed E-state index contributed by atoms with van der Waals surface area (Å²) in [7, 11) is 1.38. The fourth-order valence-electron chi connectivity index (χ4n) is 2.65. The predicted octanol–water partition coefficient (Wildman–Crippen LogP) is 2.68. The van der Waals surface area contributed by atoms with Gasteiger partial charge in [0, 0.05) is 37.1 Å². The summed E-state index contributed by atoms with van der Waals surface area (Å²) < 4.78 is 19.0. The minimum absolute atomic E-state index is 0.0207. The molecule has 0 aliphatic carbocycles. The third-order valence-corrected chi connectivity index (χ3v) is 3.97. The van der Waals surface area contributed by atoms with Gasteiger partial charge < -0.3 is 15.4 Å². The molecule has 24 heavy (non-hydrogen) atoms. The molecule has 126 valence electrons. The van der Waals surface area contributed by atoms with Gasteiger partial charge in [-0.25, -0.2) is 14.2 Å². The number of aromatic nitrogens is 1. The van der Waals surface area contributed by atoms with Gasteiger partial charge in [0.1, 0.15) is 0 Å². The number of amides is 2. The Bertz CT molecular complexity index is 766. The fourth-order valence-corrected chi connectivity index (χ4v) is 2.65. The van der Waals surface area contributed by atoms with E-state index in [1.165, 1.54) is 13.3 Å². The van der Waals surface area contributed by atoms with Crippen molar-refractivity contribution in [2.24, 2.45) is 0 Å². The van der Waals surface area contributed by atoms with Gasteiger partial charge in [0.2, 0.25) is 5.88 Å². The molecule has 0 spiro atoms. The van der Waals surface area contributed by atoms with E-state index in [9.17, 15) is 9.18 Å². The number of nitrogens with zero attached hydrogens (tertiary/aromatic N) is 2. The Hall–Kier alpha value is -2.83. The van der Waals surface area contributed by atoms with Gasteiger partial charge in [-0.2, -0.15) is 0 Å². The SMILES string of the molecule is COc1nccc(CNc2ccc(C)c(N3CCNC3=O)c2)c1F. The van der Waals surface area contributed by atoms with Crippen LogP contribution >= 0.6 is 0 Å². The second-order valence-electron chi connectivity index (χ2n) is 5.53. The zero-order valence-corrected chi connectivity index (χ0v) is 13.6. The number of hydrogen-bond acceptors (Lipinski definition) is 4. The van der Waals surface area contributed by atoms with Crippen LogP contribution in [0, 0.1) is 12.7 Å². The second-order valence-corrected chi connectivity index (χ2v) is 5.53. The number of methoxy groups -OCH3 is 1. The zero-order chi connectivity index (χ0) is 17.1. The molecule has 0 unspecified atom stereocenters. The van der Waals surface area contributed by atoms with Crippen molar-refractivity contribution >= 4 is 17.4 Å². The monoisotopic (exact) mass is 330 g/mol. The normalized spacial score (nSPS) is 13.8. The lowest BCUT2D eigenvalue weighted by molar-refractivity contribution is 0.252. The summed E-state index contributed by atoms with van der Waals surface area (Å²) >= 11 is 0. The standard InChI is InChI=1S/C17H19FN4O2/c1-11-3-4-13(9-14(11)22-8-7-20-17(22)23)21-10-12-5-6-19-16(24-2)15(12)18/h3-6,9,21H,7-8,10H2,1-2H3,(H,20,23). The Kier molecular flexibility index (Phi) is 4.50. The number of urea groups is 1. The van der Waals surface area contributed by atoms with Crippen LogP contribution in [-0.4, -0.2) is 31.2 Å². The minimum atomic E-state index is -0.473. The van der Waals surface area contributed by atoms with Crippen LogP contribution in [0.25, 0.3) is 0 Å². The number of carbonyl (C=O) groups excluding carboxylic acids is 1. The Balaban J connectivity index is 1.78. The number of aryl methyl sites for hydroxylation is 1. The first-order valence-corrected chi connectivity index (χ1v) is 7.67. The number of carbonyl (C=O) groups is 1. The Morgan fingerprint density at radius 3 is 2.96 bits per heavy atom. The number of pyridine rings is 1. The third-order valence-electron chi connectivity index (χ3n) is 3.97. The predicted molar refractivity (Wildman–Crippen MR) is 90.0 cm³/mol. The molecule has 1 aromatic carbocycles. The average molecular weight is 330 g/mol. The van der Waals surface area contributed by atoms with Crippen LogP contribution in [0.2, 0.25) is 0 Å². The van der Waals surface area contributed by atoms with Crippen LogP contribution < -0.4 is 20.3 Å². The lowest BCUT2D eigenvalue weighted by Crippen LogP contribution is -2.28. The molecule has 6 nitrogen and oxygen atoms in total. The molecule has 1 aromatic heterocycles. The van der Waals surface area contributed by atoms with Crippen LogP contribution in [-0.2, 0) is 6.54 Å². The highest BCUT2D eigenvalue weighted by atomic mass is 19.1. The Labute approximate surface area is 139 Å². The molecule has 1 saturated heterocycles. The lowest BCUT2D eigenvalue weighted by atomic mass is 10.1. The highest BCUT2D eigenvalue weighted by molar-refractivity contribution is 5.95. The summed E-state index contributed by atoms with van der Waals surface area (Å²) in [6, 6.07) is 7.25. The minimum Gasteiger partial charge on any atom is -0.479 e. The van der Waals surface area contributed by atoms with E-state index in [-0.39, 0.29) is 11.9 Å². The maximum absolute atomic E-state index is 14.1. The van der Waals surface area contributed by atoms with Crippen molar-refractivity contribution in [3.63, 3.8) is 0 Å². The number of hydrogen-bond donors (Lipinski definition) is 2. The van der Waals surface area contributed by atoms with E-state index < -0.39 is 5.82 Å². The molecule has 2 amide bonds. The Morgan fingerprint density at radius 1 is 1.42 bits per heavy atom. The second kappa shape index (κ2) is 6.74. The topological polar surface area (TPSA) is 66.5 Å². The van der Waals surface area contributed by atoms with E-state index in [0.29, 0.717) is 25.2 Å². The van der Waals surface area contributed by atoms with Crippen LogP contribution in [0.4, 0.5) is 20.6 Å². The highest BCUT2D eigenvalue weighted by Gasteiger charge is 2.22. The summed E-state index contributed by atoms with van der Waals surface area (Å²) in [6.45, 7) is 3.52. The van der Waals surface area contributed by atoms with Crippen molar-refractivity contribution in [1.29, 1.82) is 0 Å². The molecule has 0 saturated carbocycles. The highest BCUT2D eigenvalue weighted by Crippen LogP contribution is 2.26. The van der Waals surface area contributed by atoms with Crippen molar-refractivity contribution < 1.29 is 13.9 Å². The van der Waals surface area contributed by atoms with Gasteiger partial charge in [-0.3, -0.25) is 4.90 Å². The van der Waals surface area contributed by atoms with Crippen molar-refractivity contribution in [3.8, 4) is 5.88 Å². The van der Waals surface area contributed by atoms with Crippen LogP contribution in [0.3, 0.4) is 0 Å². The maximum atomic E-state index is 14.1. The van der Waals surface area contributed by atoms with Gasteiger partial charge in [0.25, 0.3) is 0 Å². The smallest absolute Gasteiger partial charge is 0.322 e. The van der Waals surface area contributed by atoms with Crippen LogP contribution in [0.15, 0.2) is 30.5 Å². The number of ether oxygens (including phenoxy) is 1. The molecule has 7 heteroatoms. The largest absolute Gasteiger partial charge is 0.479 e. The molecule has 2 heterocycles. The summed E-state index contributed by atoms with van der Waals surface area (Å²) in [6.07, 6.45) is 1.51. The third kappa shape index (κ3) is 3.10. The van der Waals surface area contributed by atoms with E-state index >= 15 is 0 Å². The molecule has 1 fully saturated rings. The number of nitrogens with one attached hydrogen (secondary N) is 2. The molecule has 2 N–H and O–H groups in total. The van der Waals surface area contributed by atoms with Crippen molar-refractivity contribution in [3.05, 3.63) is 47.4 Å². The molecule has 3 rings (SSSR count). The summed E-state index contributed by atoms with van der Waals surface area (Å²) in [4.78, 5) is 17.4. The van der Waals surface area contributed by atoms with Gasteiger partial charge in [-0.05, 0) is 30.7 Å². The van der Waals surface area contributed by atoms with Gasteiger partial charge in [-0.1, -0.05) is 6.07 Å². The van der Waals surface area contributed by atoms with E-state index in [4.69, 9.17) is 4.74 Å². The number of anilines is 2. The summed E-state index contributed by atoms with van der Waals surface area (Å²) in [5, 5.41) is 5.97. The number of rotatable bonds is 5. The zero-order valence-electron chi connectivity index (χ0n) is 13.6. The number of benzene rings is 1. The lowest BCUT2D eigenvalue weighted by Gasteiger charge is -2.18. The molecular weight excluding hydrogens is 311 g/mol. The van der Waals surface area contributed by atoms with Gasteiger partial charge in [0.05, 0.1) is 12.8 Å². The number of halogens is 1. The maximum Gasteiger partial charge on any atom is 0.322 e. The average Bonchev–Trinajstić information content (AvgIpc) is 3.01. The van der Waals surface area contributed by atoms with Gasteiger partial charge in [0.15, 0.2) is 5.82 Å². The van der Waals surface area contributed by atoms with E-state index in [2.05, 4.69) is 15.6 Å². The van der Waals surface area contributed by atoms with Gasteiger partial charge >= 0.3 is 6.03 Å². The van der Waals surface area contributed by atoms with Crippen LogP contribution in [0.5, 0.6) is 5.88 Å². The van der Waals surface area contributed by atoms with E-state index in [0.717, 1.165) is 16.9 Å². The molecular formula is C17H19FN4O2. The molecule has 0 atom stereocenters. The fraction of sp³-hybridized carbons (Fsp3) is 0.294. The quantitative estimate of drug-likeness (QED) is 0.884. The first-order chi connectivity index (χ1) is 11.6. The molecule has 0 bridgehead atoms. The summed E-state index contributed by atoms with van der Waals surface area (Å²) in [5.74, 6) is -0.494. The molecule has 0 radical (unpaired) electrons. The van der Waals surface area contributed by atoms with Crippen LogP contribution in [0.1, 0.15) is 11.1 Å². The van der Waals surface area contributed by atoms with Gasteiger partial charge in [-0.15, -0.1) is 0 Å². The van der Waals surface area contributed by atoms with E-state index in [1.807, 2.05) is 25.1 Å². The molecule has 1 aliphatic rings. The molecule has 2 aromatic rings. The first kappa shape index (κ1) is 16.0.